The number of carbonyl (C=O) groups is 1. The molecule has 0 spiro atoms. The molecule has 0 radical (unpaired) electrons. The number of carbonyl (C=O) groups excluding carboxylic acids is 1. The van der Waals surface area contributed by atoms with Gasteiger partial charge in [-0.3, -0.25) is 14.9 Å². The van der Waals surface area contributed by atoms with E-state index < -0.39 is 16.4 Å². The van der Waals surface area contributed by atoms with Crippen LogP contribution in [0.1, 0.15) is 25.7 Å². The highest BCUT2D eigenvalue weighted by Crippen LogP contribution is 2.43. The Balaban J connectivity index is 2.01. The van der Waals surface area contributed by atoms with Gasteiger partial charge in [-0.05, 0) is 30.9 Å². The van der Waals surface area contributed by atoms with Crippen molar-refractivity contribution in [2.24, 2.45) is 11.1 Å². The molecule has 1 aromatic carbocycles. The zero-order valence-corrected chi connectivity index (χ0v) is 10.9. The lowest BCUT2D eigenvalue weighted by Crippen LogP contribution is -2.40. The first kappa shape index (κ1) is 14.4. The molecule has 1 fully saturated rings. The summed E-state index contributed by atoms with van der Waals surface area (Å²) in [5, 5.41) is 13.0. The molecule has 20 heavy (non-hydrogen) atoms. The van der Waals surface area contributed by atoms with E-state index in [1.807, 2.05) is 0 Å². The molecule has 6 nitrogen and oxygen atoms in total. The molecule has 0 unspecified atom stereocenters. The van der Waals surface area contributed by atoms with Gasteiger partial charge < -0.3 is 11.1 Å². The smallest absolute Gasteiger partial charge is 0.304 e. The maximum atomic E-state index is 13.4. The van der Waals surface area contributed by atoms with Crippen LogP contribution in [0.2, 0.25) is 0 Å². The minimum Gasteiger partial charge on any atom is -0.330 e. The van der Waals surface area contributed by atoms with E-state index in [9.17, 15) is 19.3 Å². The maximum absolute atomic E-state index is 13.4. The number of benzene rings is 1. The summed E-state index contributed by atoms with van der Waals surface area (Å²) in [5.74, 6) is -1.21. The van der Waals surface area contributed by atoms with Crippen molar-refractivity contribution in [2.75, 3.05) is 11.9 Å². The molecule has 0 heterocycles. The normalized spacial score (nSPS) is 16.3. The first-order chi connectivity index (χ1) is 9.46. The summed E-state index contributed by atoms with van der Waals surface area (Å²) in [5.41, 5.74) is 5.14. The van der Waals surface area contributed by atoms with Crippen LogP contribution in [-0.2, 0) is 4.79 Å². The summed E-state index contributed by atoms with van der Waals surface area (Å²) in [6, 6.07) is 3.30. The minimum atomic E-state index is -0.968. The van der Waals surface area contributed by atoms with Crippen molar-refractivity contribution in [3.05, 3.63) is 34.1 Å². The predicted octanol–water partition coefficient (Wildman–Crippen LogP) is 2.19. The van der Waals surface area contributed by atoms with Gasteiger partial charge in [-0.1, -0.05) is 6.42 Å². The molecule has 1 aromatic rings. The average Bonchev–Trinajstić information content (AvgIpc) is 2.33. The number of hydrogen-bond donors (Lipinski definition) is 2. The van der Waals surface area contributed by atoms with Crippen LogP contribution in [0, 0.1) is 21.3 Å². The molecule has 1 amide bonds. The van der Waals surface area contributed by atoms with Crippen molar-refractivity contribution < 1.29 is 14.1 Å². The maximum Gasteiger partial charge on any atom is 0.304 e. The van der Waals surface area contributed by atoms with Crippen LogP contribution in [0.3, 0.4) is 0 Å². The van der Waals surface area contributed by atoms with Gasteiger partial charge in [0.1, 0.15) is 0 Å². The standard InChI is InChI=1S/C13H16FN3O3/c14-10-6-9(2-3-11(10)17(19)20)16-12(18)7-13(8-15)4-1-5-13/h2-3,6H,1,4-5,7-8,15H2,(H,16,18). The van der Waals surface area contributed by atoms with Crippen LogP contribution in [0.4, 0.5) is 15.8 Å². The van der Waals surface area contributed by atoms with Gasteiger partial charge in [0.15, 0.2) is 0 Å². The number of nitro groups is 1. The van der Waals surface area contributed by atoms with Gasteiger partial charge in [-0.25, -0.2) is 0 Å². The average molecular weight is 281 g/mol. The third-order valence-electron chi connectivity index (χ3n) is 3.81. The summed E-state index contributed by atoms with van der Waals surface area (Å²) in [4.78, 5) is 21.6. The Bertz CT molecular complexity index is 538. The SMILES string of the molecule is NCC1(CC(=O)Nc2ccc([N+](=O)[O-])c(F)c2)CCC1. The van der Waals surface area contributed by atoms with E-state index in [-0.39, 0.29) is 17.0 Å². The second kappa shape index (κ2) is 5.54. The van der Waals surface area contributed by atoms with E-state index in [2.05, 4.69) is 5.32 Å². The lowest BCUT2D eigenvalue weighted by molar-refractivity contribution is -0.387. The fourth-order valence-corrected chi connectivity index (χ4v) is 2.41. The van der Waals surface area contributed by atoms with E-state index in [1.165, 1.54) is 6.07 Å². The van der Waals surface area contributed by atoms with Gasteiger partial charge >= 0.3 is 5.69 Å². The third-order valence-corrected chi connectivity index (χ3v) is 3.81. The zero-order valence-electron chi connectivity index (χ0n) is 10.9. The molecule has 1 saturated carbocycles. The second-order valence-electron chi connectivity index (χ2n) is 5.21. The Hall–Kier alpha value is -2.02. The molecular formula is C13H16FN3O3. The van der Waals surface area contributed by atoms with E-state index >= 15 is 0 Å². The topological polar surface area (TPSA) is 98.3 Å². The Labute approximate surface area is 115 Å². The van der Waals surface area contributed by atoms with Crippen LogP contribution >= 0.6 is 0 Å². The van der Waals surface area contributed by atoms with Crippen LogP contribution in [0.25, 0.3) is 0 Å². The fourth-order valence-electron chi connectivity index (χ4n) is 2.41. The lowest BCUT2D eigenvalue weighted by atomic mass is 9.66. The van der Waals surface area contributed by atoms with Crippen LogP contribution in [-0.4, -0.2) is 17.4 Å². The van der Waals surface area contributed by atoms with Gasteiger partial charge in [-0.15, -0.1) is 0 Å². The van der Waals surface area contributed by atoms with Crippen molar-refractivity contribution in [1.29, 1.82) is 0 Å². The number of nitro benzene ring substituents is 1. The summed E-state index contributed by atoms with van der Waals surface area (Å²) in [7, 11) is 0. The van der Waals surface area contributed by atoms with Crippen molar-refractivity contribution in [2.45, 2.75) is 25.7 Å². The highest BCUT2D eigenvalue weighted by atomic mass is 19.1. The van der Waals surface area contributed by atoms with Crippen molar-refractivity contribution in [1.82, 2.24) is 0 Å². The largest absolute Gasteiger partial charge is 0.330 e. The van der Waals surface area contributed by atoms with Gasteiger partial charge in [0.2, 0.25) is 11.7 Å². The monoisotopic (exact) mass is 281 g/mol. The Morgan fingerprint density at radius 1 is 1.50 bits per heavy atom. The summed E-state index contributed by atoms with van der Waals surface area (Å²) < 4.78 is 13.4. The molecule has 3 N–H and O–H groups in total. The number of nitrogens with two attached hydrogens (primary N) is 1. The Kier molecular flexibility index (Phi) is 3.99. The number of halogens is 1. The summed E-state index contributed by atoms with van der Waals surface area (Å²) >= 11 is 0. The molecule has 0 aliphatic heterocycles. The van der Waals surface area contributed by atoms with E-state index in [1.54, 1.807) is 0 Å². The zero-order chi connectivity index (χ0) is 14.8. The molecular weight excluding hydrogens is 265 g/mol. The molecule has 0 bridgehead atoms. The number of hydrogen-bond acceptors (Lipinski definition) is 4. The first-order valence-electron chi connectivity index (χ1n) is 6.40. The minimum absolute atomic E-state index is 0.136. The number of nitrogens with zero attached hydrogens (tertiary/aromatic N) is 1. The van der Waals surface area contributed by atoms with E-state index in [4.69, 9.17) is 5.73 Å². The molecule has 7 heteroatoms. The predicted molar refractivity (Wildman–Crippen MR) is 71.6 cm³/mol. The summed E-state index contributed by atoms with van der Waals surface area (Å²) in [6.45, 7) is 0.453. The van der Waals surface area contributed by atoms with Crippen LogP contribution in [0.5, 0.6) is 0 Å². The molecule has 0 atom stereocenters. The number of nitrogens with one attached hydrogen (secondary N) is 1. The summed E-state index contributed by atoms with van der Waals surface area (Å²) in [6.07, 6.45) is 3.20. The van der Waals surface area contributed by atoms with Gasteiger partial charge in [0.25, 0.3) is 0 Å². The van der Waals surface area contributed by atoms with Gasteiger partial charge in [0.05, 0.1) is 4.92 Å². The van der Waals surface area contributed by atoms with Crippen molar-refractivity contribution in [3.63, 3.8) is 0 Å². The van der Waals surface area contributed by atoms with Gasteiger partial charge in [0, 0.05) is 24.2 Å². The quantitative estimate of drug-likeness (QED) is 0.638. The van der Waals surface area contributed by atoms with Gasteiger partial charge in [-0.2, -0.15) is 4.39 Å². The van der Waals surface area contributed by atoms with Crippen molar-refractivity contribution >= 4 is 17.3 Å². The highest BCUT2D eigenvalue weighted by molar-refractivity contribution is 5.91. The third kappa shape index (κ3) is 2.93. The lowest BCUT2D eigenvalue weighted by Gasteiger charge is -2.40. The molecule has 108 valence electrons. The molecule has 1 aliphatic carbocycles. The first-order valence-corrected chi connectivity index (χ1v) is 6.40. The molecule has 2 rings (SSSR count). The second-order valence-corrected chi connectivity index (χ2v) is 5.21. The number of anilines is 1. The highest BCUT2D eigenvalue weighted by Gasteiger charge is 2.37. The Morgan fingerprint density at radius 2 is 2.20 bits per heavy atom. The fraction of sp³-hybridized carbons (Fsp3) is 0.462. The molecule has 1 aliphatic rings. The van der Waals surface area contributed by atoms with Crippen LogP contribution < -0.4 is 11.1 Å². The Morgan fingerprint density at radius 3 is 2.65 bits per heavy atom. The molecule has 0 saturated heterocycles. The van der Waals surface area contributed by atoms with E-state index in [0.29, 0.717) is 13.0 Å². The number of rotatable bonds is 5. The number of amides is 1. The molecule has 0 aromatic heterocycles. The van der Waals surface area contributed by atoms with Crippen LogP contribution in [0.15, 0.2) is 18.2 Å². The van der Waals surface area contributed by atoms with Crippen molar-refractivity contribution in [3.8, 4) is 0 Å². The van der Waals surface area contributed by atoms with E-state index in [0.717, 1.165) is 31.4 Å².